The highest BCUT2D eigenvalue weighted by molar-refractivity contribution is 5.96. The third kappa shape index (κ3) is 7.44. The number of non-ortho nitro benzene ring substituents is 1. The number of nitro groups is 1. The molecule has 1 heterocycles. The lowest BCUT2D eigenvalue weighted by atomic mass is 10.0. The summed E-state index contributed by atoms with van der Waals surface area (Å²) in [5.41, 5.74) is 0.898. The van der Waals surface area contributed by atoms with Crippen LogP contribution < -0.4 is 10.6 Å². The van der Waals surface area contributed by atoms with E-state index in [2.05, 4.69) is 10.6 Å². The van der Waals surface area contributed by atoms with Crippen LogP contribution in [0.25, 0.3) is 0 Å². The van der Waals surface area contributed by atoms with E-state index in [9.17, 15) is 38.8 Å². The quantitative estimate of drug-likeness (QED) is 0.244. The van der Waals surface area contributed by atoms with E-state index < -0.39 is 53.2 Å². The number of rotatable bonds is 10. The fourth-order valence-corrected chi connectivity index (χ4v) is 4.71. The van der Waals surface area contributed by atoms with E-state index in [1.165, 1.54) is 41.3 Å². The molecule has 0 spiro atoms. The minimum Gasteiger partial charge on any atom is -0.481 e. The number of nitrogens with zero attached hydrogens (tertiary/aromatic N) is 3. The molecule has 1 saturated heterocycles. The molecule has 4 rings (SSSR count). The molecule has 0 aliphatic carbocycles. The Bertz CT molecular complexity index is 1490. The number of hydrogen-bond donors (Lipinski definition) is 3. The van der Waals surface area contributed by atoms with Gasteiger partial charge in [0.25, 0.3) is 11.6 Å². The molecule has 42 heavy (non-hydrogen) atoms. The first-order valence-corrected chi connectivity index (χ1v) is 13.1. The first-order valence-electron chi connectivity index (χ1n) is 13.1. The van der Waals surface area contributed by atoms with Crippen molar-refractivity contribution in [1.29, 1.82) is 0 Å². The number of amides is 4. The van der Waals surface area contributed by atoms with Crippen LogP contribution in [-0.4, -0.2) is 62.9 Å². The lowest BCUT2D eigenvalue weighted by Gasteiger charge is -2.31. The van der Waals surface area contributed by atoms with Crippen molar-refractivity contribution in [2.24, 2.45) is 0 Å². The molecule has 0 saturated carbocycles. The third-order valence-electron chi connectivity index (χ3n) is 6.71. The van der Waals surface area contributed by atoms with E-state index in [1.807, 2.05) is 30.3 Å². The first kappa shape index (κ1) is 29.6. The first-order chi connectivity index (χ1) is 20.1. The predicted octanol–water partition coefficient (Wildman–Crippen LogP) is 3.70. The third-order valence-corrected chi connectivity index (χ3v) is 6.71. The highest BCUT2D eigenvalue weighted by atomic mass is 19.1. The van der Waals surface area contributed by atoms with Gasteiger partial charge in [-0.1, -0.05) is 48.5 Å². The van der Waals surface area contributed by atoms with Crippen LogP contribution in [0.5, 0.6) is 0 Å². The van der Waals surface area contributed by atoms with Gasteiger partial charge in [0.15, 0.2) is 6.17 Å². The van der Waals surface area contributed by atoms with Crippen molar-refractivity contribution in [1.82, 2.24) is 15.1 Å². The van der Waals surface area contributed by atoms with E-state index in [0.717, 1.165) is 22.6 Å². The fraction of sp³-hybridized carbons (Fsp3) is 0.241. The number of nitrogens with one attached hydrogen (secondary N) is 2. The number of aliphatic carboxylic acids is 1. The maximum Gasteiger partial charge on any atom is 0.323 e. The Hall–Kier alpha value is -5.33. The number of anilines is 1. The number of carbonyl (C=O) groups excluding carboxylic acids is 3. The molecule has 218 valence electrons. The molecule has 1 aliphatic rings. The van der Waals surface area contributed by atoms with Gasteiger partial charge in [-0.05, 0) is 35.7 Å². The molecule has 0 aromatic heterocycles. The van der Waals surface area contributed by atoms with E-state index >= 15 is 0 Å². The minimum atomic E-state index is -1.46. The topological polar surface area (TPSA) is 162 Å². The zero-order valence-corrected chi connectivity index (χ0v) is 22.3. The summed E-state index contributed by atoms with van der Waals surface area (Å²) >= 11 is 0. The Morgan fingerprint density at radius 3 is 2.38 bits per heavy atom. The zero-order chi connectivity index (χ0) is 30.2. The fourth-order valence-electron chi connectivity index (χ4n) is 4.71. The summed E-state index contributed by atoms with van der Waals surface area (Å²) in [6, 6.07) is 17.6. The highest BCUT2D eigenvalue weighted by Gasteiger charge is 2.43. The Kier molecular flexibility index (Phi) is 9.42. The van der Waals surface area contributed by atoms with Crippen LogP contribution >= 0.6 is 0 Å². The van der Waals surface area contributed by atoms with Gasteiger partial charge < -0.3 is 20.6 Å². The molecule has 12 nitrogen and oxygen atoms in total. The second kappa shape index (κ2) is 13.4. The Morgan fingerprint density at radius 1 is 0.976 bits per heavy atom. The monoisotopic (exact) mass is 577 g/mol. The number of hydrogen-bond acceptors (Lipinski definition) is 6. The van der Waals surface area contributed by atoms with E-state index in [1.54, 1.807) is 0 Å². The average Bonchev–Trinajstić information content (AvgIpc) is 3.42. The summed E-state index contributed by atoms with van der Waals surface area (Å²) in [6.07, 6.45) is -1.65. The number of halogens is 1. The summed E-state index contributed by atoms with van der Waals surface area (Å²) in [6.45, 7) is -0.0145. The summed E-state index contributed by atoms with van der Waals surface area (Å²) in [4.78, 5) is 64.9. The van der Waals surface area contributed by atoms with Gasteiger partial charge in [-0.25, -0.2) is 9.18 Å². The van der Waals surface area contributed by atoms with Crippen molar-refractivity contribution in [3.05, 3.63) is 106 Å². The van der Waals surface area contributed by atoms with Crippen LogP contribution in [0.15, 0.2) is 78.9 Å². The zero-order valence-electron chi connectivity index (χ0n) is 22.3. The molecule has 3 aromatic rings. The van der Waals surface area contributed by atoms with Crippen molar-refractivity contribution >= 4 is 35.2 Å². The lowest BCUT2D eigenvalue weighted by Crippen LogP contribution is -2.55. The molecule has 3 aromatic carbocycles. The Labute approximate surface area is 239 Å². The molecule has 2 unspecified atom stereocenters. The van der Waals surface area contributed by atoms with Gasteiger partial charge in [-0.15, -0.1) is 0 Å². The van der Waals surface area contributed by atoms with Gasteiger partial charge in [0.2, 0.25) is 5.91 Å². The standard InChI is InChI=1S/C29H28FN5O7/c30-21-9-5-10-22(17-21)31-29(40)34-15-14-33(25(36)13-12-19-6-2-1-3-7-19)28(34)27(39)32-24(18-26(37)38)20-8-4-11-23(16-20)35(41)42/h1-11,16-17,24,28H,12-15,18H2,(H,31,40)(H,32,39)(H,37,38). The molecule has 0 radical (unpaired) electrons. The number of aryl methyl sites for hydroxylation is 1. The van der Waals surface area contributed by atoms with Crippen molar-refractivity contribution in [3.63, 3.8) is 0 Å². The van der Waals surface area contributed by atoms with Gasteiger partial charge >= 0.3 is 12.0 Å². The van der Waals surface area contributed by atoms with E-state index in [4.69, 9.17) is 0 Å². The molecule has 1 fully saturated rings. The largest absolute Gasteiger partial charge is 0.481 e. The Balaban J connectivity index is 1.60. The van der Waals surface area contributed by atoms with Gasteiger partial charge in [0.05, 0.1) is 17.4 Å². The van der Waals surface area contributed by atoms with E-state index in [-0.39, 0.29) is 36.4 Å². The number of benzene rings is 3. The molecular formula is C29H28FN5O7. The minimum absolute atomic E-state index is 0.0166. The highest BCUT2D eigenvalue weighted by Crippen LogP contribution is 2.25. The molecule has 4 amide bonds. The maximum atomic E-state index is 13.7. The van der Waals surface area contributed by atoms with Crippen molar-refractivity contribution in [2.45, 2.75) is 31.5 Å². The molecule has 3 N–H and O–H groups in total. The van der Waals surface area contributed by atoms with Crippen LogP contribution in [0.4, 0.5) is 20.6 Å². The van der Waals surface area contributed by atoms with Crippen molar-refractivity contribution in [3.8, 4) is 0 Å². The van der Waals surface area contributed by atoms with Crippen molar-refractivity contribution < 1.29 is 33.6 Å². The summed E-state index contributed by atoms with van der Waals surface area (Å²) in [5.74, 6) is -3.14. The Morgan fingerprint density at radius 2 is 1.69 bits per heavy atom. The maximum absolute atomic E-state index is 13.7. The molecule has 0 bridgehead atoms. The van der Waals surface area contributed by atoms with Gasteiger partial charge in [-0.2, -0.15) is 0 Å². The normalized spacial score (nSPS) is 15.1. The summed E-state index contributed by atoms with van der Waals surface area (Å²) < 4.78 is 13.7. The van der Waals surface area contributed by atoms with Crippen LogP contribution in [0.3, 0.4) is 0 Å². The van der Waals surface area contributed by atoms with Crippen molar-refractivity contribution in [2.75, 3.05) is 18.4 Å². The number of carboxylic acid groups (broad SMARTS) is 1. The lowest BCUT2D eigenvalue weighted by molar-refractivity contribution is -0.384. The summed E-state index contributed by atoms with van der Waals surface area (Å²) in [5, 5.41) is 25.9. The average molecular weight is 578 g/mol. The van der Waals surface area contributed by atoms with Crippen LogP contribution in [0, 0.1) is 15.9 Å². The van der Waals surface area contributed by atoms with Gasteiger partial charge in [0, 0.05) is 37.3 Å². The second-order valence-electron chi connectivity index (χ2n) is 9.59. The smallest absolute Gasteiger partial charge is 0.323 e. The molecule has 13 heteroatoms. The SMILES string of the molecule is O=C(O)CC(NC(=O)C1N(C(=O)CCc2ccccc2)CCN1C(=O)Nc1cccc(F)c1)c1cccc([N+](=O)[O-])c1. The predicted molar refractivity (Wildman–Crippen MR) is 149 cm³/mol. The van der Waals surface area contributed by atoms with Crippen LogP contribution in [0.1, 0.15) is 30.0 Å². The van der Waals surface area contributed by atoms with Gasteiger partial charge in [-0.3, -0.25) is 29.4 Å². The number of urea groups is 1. The molecule has 1 aliphatic heterocycles. The van der Waals surface area contributed by atoms with Gasteiger partial charge in [0.1, 0.15) is 5.82 Å². The van der Waals surface area contributed by atoms with Crippen LogP contribution in [0.2, 0.25) is 0 Å². The number of carboxylic acids is 1. The van der Waals surface area contributed by atoms with Crippen LogP contribution in [-0.2, 0) is 20.8 Å². The molecular weight excluding hydrogens is 549 g/mol. The van der Waals surface area contributed by atoms with E-state index in [0.29, 0.717) is 6.42 Å². The number of nitro benzene ring substituents is 1. The number of carbonyl (C=O) groups is 4. The molecule has 2 atom stereocenters. The summed E-state index contributed by atoms with van der Waals surface area (Å²) in [7, 11) is 0. The second-order valence-corrected chi connectivity index (χ2v) is 9.59.